The molecule has 0 aliphatic carbocycles. The van der Waals surface area contributed by atoms with Crippen molar-refractivity contribution in [2.24, 2.45) is 5.73 Å². The number of fused-ring (bicyclic) bond motifs is 1. The molecular weight excluding hydrogens is 416 g/mol. The third kappa shape index (κ3) is 4.47. The summed E-state index contributed by atoms with van der Waals surface area (Å²) in [6.07, 6.45) is 0. The highest BCUT2D eigenvalue weighted by Crippen LogP contribution is 2.43. The SMILES string of the molecule is N#CC1=C(N)Oc2cc(OC(=O)COc3ccccc3)ccc2C1c1ccc(Cl)cc1. The summed E-state index contributed by atoms with van der Waals surface area (Å²) in [5.74, 6) is 0.285. The van der Waals surface area contributed by atoms with Crippen LogP contribution in [-0.2, 0) is 4.79 Å². The normalized spacial score (nSPS) is 14.8. The van der Waals surface area contributed by atoms with Crippen LogP contribution in [0.25, 0.3) is 0 Å². The molecule has 31 heavy (non-hydrogen) atoms. The number of benzene rings is 3. The summed E-state index contributed by atoms with van der Waals surface area (Å²) in [7, 11) is 0. The third-order valence-corrected chi connectivity index (χ3v) is 4.98. The molecule has 1 heterocycles. The van der Waals surface area contributed by atoms with E-state index in [1.807, 2.05) is 30.3 Å². The van der Waals surface area contributed by atoms with Gasteiger partial charge in [0.2, 0.25) is 5.88 Å². The maximum atomic E-state index is 12.2. The minimum atomic E-state index is -0.560. The molecule has 6 nitrogen and oxygen atoms in total. The van der Waals surface area contributed by atoms with Crippen LogP contribution in [0.3, 0.4) is 0 Å². The Hall–Kier alpha value is -3.95. The molecule has 7 heteroatoms. The van der Waals surface area contributed by atoms with Crippen LogP contribution in [-0.4, -0.2) is 12.6 Å². The van der Waals surface area contributed by atoms with E-state index in [0.717, 1.165) is 11.1 Å². The van der Waals surface area contributed by atoms with Crippen molar-refractivity contribution in [3.63, 3.8) is 0 Å². The summed E-state index contributed by atoms with van der Waals surface area (Å²) in [5, 5.41) is 10.2. The number of para-hydroxylation sites is 1. The van der Waals surface area contributed by atoms with Gasteiger partial charge in [-0.05, 0) is 35.9 Å². The molecule has 0 spiro atoms. The maximum absolute atomic E-state index is 12.2. The Morgan fingerprint density at radius 1 is 1.06 bits per heavy atom. The van der Waals surface area contributed by atoms with Crippen LogP contribution >= 0.6 is 11.6 Å². The number of rotatable bonds is 5. The van der Waals surface area contributed by atoms with Crippen LogP contribution in [0.4, 0.5) is 0 Å². The first-order valence-corrected chi connectivity index (χ1v) is 9.78. The Morgan fingerprint density at radius 2 is 1.81 bits per heavy atom. The zero-order valence-corrected chi connectivity index (χ0v) is 17.0. The minimum Gasteiger partial charge on any atom is -0.482 e. The highest BCUT2D eigenvalue weighted by molar-refractivity contribution is 6.30. The van der Waals surface area contributed by atoms with Gasteiger partial charge in [-0.25, -0.2) is 4.79 Å². The first-order chi connectivity index (χ1) is 15.0. The molecule has 4 rings (SSSR count). The van der Waals surface area contributed by atoms with Gasteiger partial charge < -0.3 is 19.9 Å². The summed E-state index contributed by atoms with van der Waals surface area (Å²) in [6.45, 7) is -0.240. The van der Waals surface area contributed by atoms with E-state index in [4.69, 9.17) is 31.5 Å². The van der Waals surface area contributed by atoms with Crippen LogP contribution in [0.15, 0.2) is 84.3 Å². The maximum Gasteiger partial charge on any atom is 0.349 e. The van der Waals surface area contributed by atoms with Gasteiger partial charge in [0.15, 0.2) is 6.61 Å². The van der Waals surface area contributed by atoms with E-state index < -0.39 is 11.9 Å². The highest BCUT2D eigenvalue weighted by atomic mass is 35.5. The van der Waals surface area contributed by atoms with E-state index in [1.54, 1.807) is 42.5 Å². The van der Waals surface area contributed by atoms with Crippen molar-refractivity contribution in [2.75, 3.05) is 6.61 Å². The van der Waals surface area contributed by atoms with E-state index >= 15 is 0 Å². The smallest absolute Gasteiger partial charge is 0.349 e. The lowest BCUT2D eigenvalue weighted by molar-refractivity contribution is -0.136. The van der Waals surface area contributed by atoms with Crippen LogP contribution in [0.2, 0.25) is 5.02 Å². The van der Waals surface area contributed by atoms with Crippen molar-refractivity contribution in [1.82, 2.24) is 0 Å². The monoisotopic (exact) mass is 432 g/mol. The fraction of sp³-hybridized carbons (Fsp3) is 0.0833. The number of nitrogens with zero attached hydrogens (tertiary/aromatic N) is 1. The van der Waals surface area contributed by atoms with Gasteiger partial charge in [0, 0.05) is 16.7 Å². The van der Waals surface area contributed by atoms with Crippen molar-refractivity contribution >= 4 is 17.6 Å². The topological polar surface area (TPSA) is 94.6 Å². The number of halogens is 1. The molecule has 1 aliphatic rings. The Labute approximate surface area is 184 Å². The second-order valence-corrected chi connectivity index (χ2v) is 7.19. The molecule has 0 bridgehead atoms. The van der Waals surface area contributed by atoms with Gasteiger partial charge in [-0.3, -0.25) is 0 Å². The molecule has 1 atom stereocenters. The lowest BCUT2D eigenvalue weighted by atomic mass is 9.83. The predicted molar refractivity (Wildman–Crippen MR) is 115 cm³/mol. The fourth-order valence-electron chi connectivity index (χ4n) is 3.32. The van der Waals surface area contributed by atoms with Gasteiger partial charge in [0.05, 0.1) is 5.92 Å². The number of hydrogen-bond acceptors (Lipinski definition) is 6. The van der Waals surface area contributed by atoms with Crippen LogP contribution in [0.1, 0.15) is 17.0 Å². The molecule has 3 aromatic carbocycles. The number of allylic oxidation sites excluding steroid dienone is 1. The molecule has 0 saturated heterocycles. The van der Waals surface area contributed by atoms with Crippen molar-refractivity contribution in [1.29, 1.82) is 5.26 Å². The average Bonchev–Trinajstić information content (AvgIpc) is 2.78. The Morgan fingerprint density at radius 3 is 2.52 bits per heavy atom. The molecule has 0 aromatic heterocycles. The lowest BCUT2D eigenvalue weighted by Gasteiger charge is -2.26. The molecular formula is C24H17ClN2O4. The highest BCUT2D eigenvalue weighted by Gasteiger charge is 2.31. The van der Waals surface area contributed by atoms with E-state index in [-0.39, 0.29) is 18.2 Å². The van der Waals surface area contributed by atoms with Gasteiger partial charge in [-0.1, -0.05) is 48.0 Å². The zero-order valence-electron chi connectivity index (χ0n) is 16.2. The number of nitriles is 1. The van der Waals surface area contributed by atoms with E-state index in [2.05, 4.69) is 6.07 Å². The van der Waals surface area contributed by atoms with Crippen LogP contribution in [0, 0.1) is 11.3 Å². The standard InChI is InChI=1S/C24H17ClN2O4/c25-16-8-6-15(7-9-16)23-19-11-10-18(12-21(19)31-24(27)20(23)13-26)30-22(28)14-29-17-4-2-1-3-5-17/h1-12,23H,14,27H2. The fourth-order valence-corrected chi connectivity index (χ4v) is 3.44. The van der Waals surface area contributed by atoms with Gasteiger partial charge in [-0.2, -0.15) is 5.26 Å². The number of hydrogen-bond donors (Lipinski definition) is 1. The molecule has 0 fully saturated rings. The number of nitrogens with two attached hydrogens (primary N) is 1. The van der Waals surface area contributed by atoms with E-state index in [0.29, 0.717) is 22.1 Å². The van der Waals surface area contributed by atoms with Gasteiger partial charge >= 0.3 is 5.97 Å². The first kappa shape index (κ1) is 20.3. The number of carbonyl (C=O) groups excluding carboxylic acids is 1. The summed E-state index contributed by atoms with van der Waals surface area (Å²) in [5.41, 5.74) is 7.88. The average molecular weight is 433 g/mol. The van der Waals surface area contributed by atoms with Crippen molar-refractivity contribution < 1.29 is 19.0 Å². The van der Waals surface area contributed by atoms with Crippen molar-refractivity contribution in [3.05, 3.63) is 100 Å². The molecule has 2 N–H and O–H groups in total. The number of ether oxygens (including phenoxy) is 3. The Kier molecular flexibility index (Phi) is 5.78. The molecule has 1 aliphatic heterocycles. The molecule has 0 saturated carbocycles. The molecule has 154 valence electrons. The molecule has 1 unspecified atom stereocenters. The number of esters is 1. The lowest BCUT2D eigenvalue weighted by Crippen LogP contribution is -2.21. The first-order valence-electron chi connectivity index (χ1n) is 9.40. The minimum absolute atomic E-state index is 0.00541. The van der Waals surface area contributed by atoms with Crippen LogP contribution < -0.4 is 19.9 Å². The summed E-state index contributed by atoms with van der Waals surface area (Å²) >= 11 is 6.00. The van der Waals surface area contributed by atoms with E-state index in [1.165, 1.54) is 0 Å². The second kappa shape index (κ2) is 8.82. The summed E-state index contributed by atoms with van der Waals surface area (Å²) < 4.78 is 16.4. The van der Waals surface area contributed by atoms with E-state index in [9.17, 15) is 10.1 Å². The predicted octanol–water partition coefficient (Wildman–Crippen LogP) is 4.54. The molecule has 3 aromatic rings. The van der Waals surface area contributed by atoms with Gasteiger partial charge in [0.1, 0.15) is 28.9 Å². The number of carbonyl (C=O) groups is 1. The largest absolute Gasteiger partial charge is 0.482 e. The second-order valence-electron chi connectivity index (χ2n) is 6.75. The Balaban J connectivity index is 1.56. The summed E-state index contributed by atoms with van der Waals surface area (Å²) in [6, 6.07) is 23.2. The van der Waals surface area contributed by atoms with Crippen molar-refractivity contribution in [2.45, 2.75) is 5.92 Å². The molecule has 0 amide bonds. The zero-order chi connectivity index (χ0) is 21.8. The Bertz CT molecular complexity index is 1180. The van der Waals surface area contributed by atoms with Gasteiger partial charge in [0.25, 0.3) is 0 Å². The van der Waals surface area contributed by atoms with Crippen LogP contribution in [0.5, 0.6) is 17.2 Å². The van der Waals surface area contributed by atoms with Crippen molar-refractivity contribution in [3.8, 4) is 23.3 Å². The quantitative estimate of drug-likeness (QED) is 0.469. The molecule has 0 radical (unpaired) electrons. The summed E-state index contributed by atoms with van der Waals surface area (Å²) in [4.78, 5) is 12.2. The van der Waals surface area contributed by atoms with Gasteiger partial charge in [-0.15, -0.1) is 0 Å². The third-order valence-electron chi connectivity index (χ3n) is 4.73.